The van der Waals surface area contributed by atoms with Crippen molar-refractivity contribution < 1.29 is 28.6 Å². The molecule has 0 fully saturated rings. The summed E-state index contributed by atoms with van der Waals surface area (Å²) in [6.45, 7) is 6.59. The van der Waals surface area contributed by atoms with Gasteiger partial charge in [0, 0.05) is 19.3 Å². The van der Waals surface area contributed by atoms with Gasteiger partial charge in [-0.3, -0.25) is 14.4 Å². The topological polar surface area (TPSA) is 78.9 Å². The van der Waals surface area contributed by atoms with Crippen LogP contribution < -0.4 is 0 Å². The summed E-state index contributed by atoms with van der Waals surface area (Å²) in [5, 5.41) is 0. The third kappa shape index (κ3) is 39.2. The van der Waals surface area contributed by atoms with Gasteiger partial charge in [-0.2, -0.15) is 0 Å². The molecule has 51 heavy (non-hydrogen) atoms. The van der Waals surface area contributed by atoms with Crippen LogP contribution in [0.1, 0.15) is 239 Å². The Labute approximate surface area is 316 Å². The fourth-order valence-corrected chi connectivity index (χ4v) is 6.38. The molecule has 0 N–H and O–H groups in total. The lowest BCUT2D eigenvalue weighted by atomic mass is 10.1. The fourth-order valence-electron chi connectivity index (χ4n) is 6.38. The molecule has 0 aliphatic rings. The summed E-state index contributed by atoms with van der Waals surface area (Å²) < 4.78 is 16.7. The average molecular weight is 721 g/mol. The van der Waals surface area contributed by atoms with Gasteiger partial charge in [0.25, 0.3) is 0 Å². The molecular formula is C45H84O6. The molecule has 1 atom stereocenters. The van der Waals surface area contributed by atoms with Gasteiger partial charge in [0.1, 0.15) is 13.2 Å². The molecule has 0 amide bonds. The Bertz CT molecular complexity index is 794. The minimum absolute atomic E-state index is 0.0686. The van der Waals surface area contributed by atoms with Crippen molar-refractivity contribution in [1.29, 1.82) is 0 Å². The van der Waals surface area contributed by atoms with Gasteiger partial charge in [-0.25, -0.2) is 0 Å². The highest BCUT2D eigenvalue weighted by atomic mass is 16.6. The lowest BCUT2D eigenvalue weighted by Crippen LogP contribution is -2.30. The predicted molar refractivity (Wildman–Crippen MR) is 215 cm³/mol. The molecule has 0 heterocycles. The van der Waals surface area contributed by atoms with Crippen LogP contribution in [0.25, 0.3) is 0 Å². The van der Waals surface area contributed by atoms with Crippen molar-refractivity contribution in [2.75, 3.05) is 13.2 Å². The van der Waals surface area contributed by atoms with E-state index in [-0.39, 0.29) is 31.1 Å². The first kappa shape index (κ1) is 49.1. The van der Waals surface area contributed by atoms with E-state index in [1.807, 2.05) is 0 Å². The van der Waals surface area contributed by atoms with Gasteiger partial charge >= 0.3 is 17.9 Å². The molecule has 6 heteroatoms. The first-order chi connectivity index (χ1) is 25.0. The molecule has 0 aromatic carbocycles. The molecule has 300 valence electrons. The Kier molecular flexibility index (Phi) is 39.4. The number of carbonyl (C=O) groups excluding carboxylic acids is 3. The Morgan fingerprint density at radius 3 is 1.00 bits per heavy atom. The Balaban J connectivity index is 4.34. The van der Waals surface area contributed by atoms with Gasteiger partial charge < -0.3 is 14.2 Å². The van der Waals surface area contributed by atoms with E-state index in [4.69, 9.17) is 14.2 Å². The molecule has 6 nitrogen and oxygen atoms in total. The van der Waals surface area contributed by atoms with Crippen molar-refractivity contribution in [1.82, 2.24) is 0 Å². The summed E-state index contributed by atoms with van der Waals surface area (Å²) in [5.74, 6) is -0.875. The second-order valence-corrected chi connectivity index (χ2v) is 15.0. The van der Waals surface area contributed by atoms with Crippen LogP contribution in [0.4, 0.5) is 0 Å². The van der Waals surface area contributed by atoms with E-state index in [1.54, 1.807) is 0 Å². The van der Waals surface area contributed by atoms with Crippen LogP contribution in [0, 0.1) is 0 Å². The summed E-state index contributed by atoms with van der Waals surface area (Å²) in [6, 6.07) is 0. The van der Waals surface area contributed by atoms with Crippen molar-refractivity contribution in [3.8, 4) is 0 Å². The monoisotopic (exact) mass is 721 g/mol. The zero-order valence-corrected chi connectivity index (χ0v) is 34.1. The SMILES string of the molecule is CCCCCC/C=C\CCCCCCCC(=O)OC[C@@H](COC(=O)CCCCCCCCCCCC)OC(=O)CCCCCCCCCCCC. The lowest BCUT2D eigenvalue weighted by molar-refractivity contribution is -0.167. The summed E-state index contributed by atoms with van der Waals surface area (Å²) in [7, 11) is 0. The number of allylic oxidation sites excluding steroid dienone is 2. The first-order valence-electron chi connectivity index (χ1n) is 22.2. The molecule has 0 aromatic rings. The highest BCUT2D eigenvalue weighted by Crippen LogP contribution is 2.14. The zero-order chi connectivity index (χ0) is 37.3. The third-order valence-corrected chi connectivity index (χ3v) is 9.77. The maximum atomic E-state index is 12.7. The van der Waals surface area contributed by atoms with Gasteiger partial charge in [0.05, 0.1) is 0 Å². The minimum Gasteiger partial charge on any atom is -0.462 e. The Hall–Kier alpha value is -1.85. The highest BCUT2D eigenvalue weighted by molar-refractivity contribution is 5.71. The van der Waals surface area contributed by atoms with Gasteiger partial charge in [-0.05, 0) is 44.9 Å². The molecule has 0 spiro atoms. The number of rotatable bonds is 40. The molecule has 0 rings (SSSR count). The van der Waals surface area contributed by atoms with Gasteiger partial charge in [-0.1, -0.05) is 187 Å². The maximum absolute atomic E-state index is 12.7. The normalized spacial score (nSPS) is 12.0. The second-order valence-electron chi connectivity index (χ2n) is 15.0. The summed E-state index contributed by atoms with van der Waals surface area (Å²) in [5.41, 5.74) is 0. The molecule has 0 saturated carbocycles. The molecule has 0 unspecified atom stereocenters. The standard InChI is InChI=1S/C45H84O6/c1-4-7-10-13-16-19-22-23-24-27-29-32-35-38-44(47)50-41-42(51-45(48)39-36-33-30-26-21-18-15-12-9-6-3)40-49-43(46)37-34-31-28-25-20-17-14-11-8-5-2/h19,22,42H,4-18,20-21,23-41H2,1-3H3/b22-19-/t42-/m1/s1. The van der Waals surface area contributed by atoms with E-state index in [9.17, 15) is 14.4 Å². The Morgan fingerprint density at radius 2 is 0.647 bits per heavy atom. The zero-order valence-electron chi connectivity index (χ0n) is 34.1. The van der Waals surface area contributed by atoms with Crippen molar-refractivity contribution >= 4 is 17.9 Å². The van der Waals surface area contributed by atoms with Crippen LogP contribution in [-0.4, -0.2) is 37.2 Å². The number of esters is 3. The number of hydrogen-bond acceptors (Lipinski definition) is 6. The van der Waals surface area contributed by atoms with Gasteiger partial charge in [0.15, 0.2) is 6.10 Å². The van der Waals surface area contributed by atoms with Crippen LogP contribution in [0.5, 0.6) is 0 Å². The molecule has 0 bridgehead atoms. The van der Waals surface area contributed by atoms with Crippen molar-refractivity contribution in [3.63, 3.8) is 0 Å². The van der Waals surface area contributed by atoms with Crippen LogP contribution in [0.2, 0.25) is 0 Å². The van der Waals surface area contributed by atoms with E-state index in [2.05, 4.69) is 32.9 Å². The molecule has 0 aliphatic carbocycles. The molecule has 0 saturated heterocycles. The highest BCUT2D eigenvalue weighted by Gasteiger charge is 2.19. The van der Waals surface area contributed by atoms with Gasteiger partial charge in [-0.15, -0.1) is 0 Å². The van der Waals surface area contributed by atoms with E-state index >= 15 is 0 Å². The van der Waals surface area contributed by atoms with Crippen molar-refractivity contribution in [3.05, 3.63) is 12.2 Å². The summed E-state index contributed by atoms with van der Waals surface area (Å²) >= 11 is 0. The van der Waals surface area contributed by atoms with Crippen LogP contribution in [0.3, 0.4) is 0 Å². The minimum atomic E-state index is -0.763. The fraction of sp³-hybridized carbons (Fsp3) is 0.889. The molecular weight excluding hydrogens is 636 g/mol. The molecule has 0 radical (unpaired) electrons. The van der Waals surface area contributed by atoms with E-state index in [0.29, 0.717) is 19.3 Å². The quantitative estimate of drug-likeness (QED) is 0.0271. The van der Waals surface area contributed by atoms with Crippen LogP contribution in [0.15, 0.2) is 12.2 Å². The summed E-state index contributed by atoms with van der Waals surface area (Å²) in [6.07, 6.45) is 41.9. The van der Waals surface area contributed by atoms with E-state index in [1.165, 1.54) is 135 Å². The van der Waals surface area contributed by atoms with Crippen LogP contribution >= 0.6 is 0 Å². The Morgan fingerprint density at radius 1 is 0.373 bits per heavy atom. The maximum Gasteiger partial charge on any atom is 0.306 e. The molecule has 0 aromatic heterocycles. The van der Waals surface area contributed by atoms with Crippen LogP contribution in [-0.2, 0) is 28.6 Å². The summed E-state index contributed by atoms with van der Waals surface area (Å²) in [4.78, 5) is 37.6. The van der Waals surface area contributed by atoms with Gasteiger partial charge in [0.2, 0.25) is 0 Å². The second kappa shape index (κ2) is 40.9. The number of carbonyl (C=O) groups is 3. The lowest BCUT2D eigenvalue weighted by Gasteiger charge is -2.18. The smallest absolute Gasteiger partial charge is 0.306 e. The van der Waals surface area contributed by atoms with E-state index < -0.39 is 6.10 Å². The third-order valence-electron chi connectivity index (χ3n) is 9.77. The predicted octanol–water partition coefficient (Wildman–Crippen LogP) is 13.9. The number of hydrogen-bond donors (Lipinski definition) is 0. The van der Waals surface area contributed by atoms with Crippen molar-refractivity contribution in [2.45, 2.75) is 245 Å². The molecule has 0 aliphatic heterocycles. The largest absolute Gasteiger partial charge is 0.462 e. The van der Waals surface area contributed by atoms with E-state index in [0.717, 1.165) is 64.2 Å². The average Bonchev–Trinajstić information content (AvgIpc) is 3.12. The first-order valence-corrected chi connectivity index (χ1v) is 22.2. The van der Waals surface area contributed by atoms with Crippen molar-refractivity contribution in [2.24, 2.45) is 0 Å². The number of unbranched alkanes of at least 4 members (excludes halogenated alkanes) is 27. The number of ether oxygens (including phenoxy) is 3.